The van der Waals surface area contributed by atoms with E-state index in [0.29, 0.717) is 5.56 Å². The number of aryl methyl sites for hydroxylation is 1. The van der Waals surface area contributed by atoms with Crippen molar-refractivity contribution in [1.29, 1.82) is 0 Å². The zero-order chi connectivity index (χ0) is 22.6. The van der Waals surface area contributed by atoms with Crippen molar-refractivity contribution in [1.82, 2.24) is 0 Å². The highest BCUT2D eigenvalue weighted by Crippen LogP contribution is 2.45. The maximum absolute atomic E-state index is 12.9. The number of allylic oxidation sites excluding steroid dienone is 4. The zero-order valence-corrected chi connectivity index (χ0v) is 18.6. The fourth-order valence-corrected chi connectivity index (χ4v) is 4.14. The minimum atomic E-state index is -1.03. The molecule has 1 heterocycles. The Morgan fingerprint density at radius 3 is 2.74 bits per heavy atom. The first kappa shape index (κ1) is 22.7. The van der Waals surface area contributed by atoms with Crippen LogP contribution in [0.3, 0.4) is 0 Å². The molecule has 31 heavy (non-hydrogen) atoms. The smallest absolute Gasteiger partial charge is 0.338 e. The van der Waals surface area contributed by atoms with E-state index in [0.717, 1.165) is 24.0 Å². The molecule has 164 valence electrons. The first-order valence-corrected chi connectivity index (χ1v) is 10.7. The van der Waals surface area contributed by atoms with Gasteiger partial charge in [-0.25, -0.2) is 4.79 Å². The number of ketones is 1. The molecule has 0 radical (unpaired) electrons. The van der Waals surface area contributed by atoms with Gasteiger partial charge in [0.15, 0.2) is 5.78 Å². The molecular weight excluding hydrogens is 392 g/mol. The van der Waals surface area contributed by atoms with Gasteiger partial charge in [0.2, 0.25) is 0 Å². The van der Waals surface area contributed by atoms with Crippen LogP contribution in [-0.2, 0) is 19.1 Å². The molecule has 0 bridgehead atoms. The molecule has 0 N–H and O–H groups in total. The fourth-order valence-electron chi connectivity index (χ4n) is 4.14. The van der Waals surface area contributed by atoms with Crippen LogP contribution in [0.2, 0.25) is 0 Å². The molecule has 1 aliphatic heterocycles. The van der Waals surface area contributed by atoms with Crippen molar-refractivity contribution in [2.75, 3.05) is 0 Å². The highest BCUT2D eigenvalue weighted by Gasteiger charge is 2.55. The van der Waals surface area contributed by atoms with Crippen LogP contribution in [0, 0.1) is 12.3 Å². The Morgan fingerprint density at radius 2 is 2.03 bits per heavy atom. The number of esters is 2. The summed E-state index contributed by atoms with van der Waals surface area (Å²) in [6.45, 7) is 8.00. The van der Waals surface area contributed by atoms with E-state index >= 15 is 0 Å². The molecule has 1 saturated heterocycles. The third kappa shape index (κ3) is 5.40. The van der Waals surface area contributed by atoms with Gasteiger partial charge in [-0.3, -0.25) is 9.59 Å². The number of carbonyl (C=O) groups excluding carboxylic acids is 3. The van der Waals surface area contributed by atoms with Crippen molar-refractivity contribution in [2.45, 2.75) is 65.6 Å². The molecule has 1 fully saturated rings. The molecule has 3 atom stereocenters. The number of benzene rings is 1. The van der Waals surface area contributed by atoms with E-state index in [9.17, 15) is 14.4 Å². The summed E-state index contributed by atoms with van der Waals surface area (Å²) in [6.07, 6.45) is 7.78. The van der Waals surface area contributed by atoms with Gasteiger partial charge >= 0.3 is 11.9 Å². The Bertz CT molecular complexity index is 964. The molecule has 0 amide bonds. The van der Waals surface area contributed by atoms with Gasteiger partial charge in [0, 0.05) is 6.42 Å². The standard InChI is InChI=1S/C26H30O5/c1-17(2)7-5-8-19(4)14-23-26(16-24(28)31-23)15-21(11-12-22(26)27)30-25(29)20-10-6-9-18(3)13-20/h6-7,9-14,21,23H,5,8,15-16H2,1-4H3/b19-14+/t21-,23-,26+/m1/s1. The summed E-state index contributed by atoms with van der Waals surface area (Å²) in [4.78, 5) is 37.7. The molecule has 5 heteroatoms. The molecule has 1 spiro atoms. The zero-order valence-electron chi connectivity index (χ0n) is 18.6. The van der Waals surface area contributed by atoms with Crippen LogP contribution >= 0.6 is 0 Å². The lowest BCUT2D eigenvalue weighted by Crippen LogP contribution is -2.43. The second-order valence-electron chi connectivity index (χ2n) is 8.82. The van der Waals surface area contributed by atoms with Crippen LogP contribution in [0.5, 0.6) is 0 Å². The van der Waals surface area contributed by atoms with Crippen LogP contribution in [0.25, 0.3) is 0 Å². The fraction of sp³-hybridized carbons (Fsp3) is 0.423. The third-order valence-electron chi connectivity index (χ3n) is 5.82. The first-order chi connectivity index (χ1) is 14.7. The van der Waals surface area contributed by atoms with E-state index in [1.54, 1.807) is 24.3 Å². The van der Waals surface area contributed by atoms with E-state index in [2.05, 4.69) is 19.9 Å². The van der Waals surface area contributed by atoms with Gasteiger partial charge in [-0.1, -0.05) is 34.9 Å². The molecule has 0 unspecified atom stereocenters. The summed E-state index contributed by atoms with van der Waals surface area (Å²) in [7, 11) is 0. The highest BCUT2D eigenvalue weighted by molar-refractivity contribution is 6.00. The predicted molar refractivity (Wildman–Crippen MR) is 118 cm³/mol. The van der Waals surface area contributed by atoms with Crippen LogP contribution in [-0.4, -0.2) is 29.9 Å². The minimum absolute atomic E-state index is 0.00289. The number of rotatable bonds is 6. The molecule has 0 saturated carbocycles. The van der Waals surface area contributed by atoms with Gasteiger partial charge < -0.3 is 9.47 Å². The quantitative estimate of drug-likeness (QED) is 0.474. The van der Waals surface area contributed by atoms with Gasteiger partial charge in [0.05, 0.1) is 17.4 Å². The normalized spacial score (nSPS) is 25.5. The molecule has 1 aromatic rings. The van der Waals surface area contributed by atoms with Crippen molar-refractivity contribution in [3.05, 3.63) is 70.8 Å². The van der Waals surface area contributed by atoms with Gasteiger partial charge in [-0.2, -0.15) is 0 Å². The van der Waals surface area contributed by atoms with E-state index < -0.39 is 29.6 Å². The van der Waals surface area contributed by atoms with Crippen molar-refractivity contribution in [3.63, 3.8) is 0 Å². The van der Waals surface area contributed by atoms with E-state index in [4.69, 9.17) is 9.47 Å². The predicted octanol–water partition coefficient (Wildman–Crippen LogP) is 5.04. The van der Waals surface area contributed by atoms with E-state index in [1.165, 1.54) is 11.6 Å². The second-order valence-corrected chi connectivity index (χ2v) is 8.82. The third-order valence-corrected chi connectivity index (χ3v) is 5.82. The Morgan fingerprint density at radius 1 is 1.26 bits per heavy atom. The summed E-state index contributed by atoms with van der Waals surface area (Å²) in [5.74, 6) is -0.997. The van der Waals surface area contributed by atoms with Gasteiger partial charge in [0.1, 0.15) is 12.2 Å². The summed E-state index contributed by atoms with van der Waals surface area (Å²) < 4.78 is 11.2. The summed E-state index contributed by atoms with van der Waals surface area (Å²) >= 11 is 0. The molecule has 3 rings (SSSR count). The number of carbonyl (C=O) groups is 3. The molecule has 0 aromatic heterocycles. The molecular formula is C26H30O5. The van der Waals surface area contributed by atoms with Crippen molar-refractivity contribution in [3.8, 4) is 0 Å². The van der Waals surface area contributed by atoms with Crippen molar-refractivity contribution >= 4 is 17.7 Å². The number of hydrogen-bond acceptors (Lipinski definition) is 5. The van der Waals surface area contributed by atoms with Crippen molar-refractivity contribution in [2.24, 2.45) is 5.41 Å². The maximum Gasteiger partial charge on any atom is 0.338 e. The summed E-state index contributed by atoms with van der Waals surface area (Å²) in [5, 5.41) is 0. The number of ether oxygens (including phenoxy) is 2. The number of hydrogen-bond donors (Lipinski definition) is 0. The van der Waals surface area contributed by atoms with Gasteiger partial charge in [0.25, 0.3) is 0 Å². The van der Waals surface area contributed by atoms with E-state index in [1.807, 2.05) is 26.0 Å². The lowest BCUT2D eigenvalue weighted by Gasteiger charge is -2.34. The van der Waals surface area contributed by atoms with Crippen LogP contribution in [0.4, 0.5) is 0 Å². The molecule has 1 aliphatic carbocycles. The molecule has 2 aliphatic rings. The lowest BCUT2D eigenvalue weighted by molar-refractivity contribution is -0.140. The average Bonchev–Trinajstić information content (AvgIpc) is 2.99. The van der Waals surface area contributed by atoms with Crippen LogP contribution in [0.1, 0.15) is 62.4 Å². The molecule has 1 aromatic carbocycles. The largest absolute Gasteiger partial charge is 0.457 e. The van der Waals surface area contributed by atoms with Gasteiger partial charge in [-0.15, -0.1) is 0 Å². The lowest BCUT2D eigenvalue weighted by atomic mass is 9.69. The summed E-state index contributed by atoms with van der Waals surface area (Å²) in [5.41, 5.74) is 2.71. The Balaban J connectivity index is 1.77. The SMILES string of the molecule is CC(C)=CCC/C(C)=C/[C@H]1OC(=O)C[C@]12C[C@H](OC(=O)c1cccc(C)c1)C=CC2=O. The Labute approximate surface area is 183 Å². The van der Waals surface area contributed by atoms with Crippen LogP contribution in [0.15, 0.2) is 59.7 Å². The van der Waals surface area contributed by atoms with E-state index in [-0.39, 0.29) is 18.6 Å². The first-order valence-electron chi connectivity index (χ1n) is 10.7. The topological polar surface area (TPSA) is 69.7 Å². The highest BCUT2D eigenvalue weighted by atomic mass is 16.6. The average molecular weight is 423 g/mol. The second kappa shape index (κ2) is 9.46. The monoisotopic (exact) mass is 422 g/mol. The Hall–Kier alpha value is -2.95. The summed E-state index contributed by atoms with van der Waals surface area (Å²) in [6, 6.07) is 7.17. The van der Waals surface area contributed by atoms with Crippen molar-refractivity contribution < 1.29 is 23.9 Å². The molecule has 5 nitrogen and oxygen atoms in total. The van der Waals surface area contributed by atoms with Gasteiger partial charge in [-0.05, 0) is 70.9 Å². The van der Waals surface area contributed by atoms with Crippen LogP contribution < -0.4 is 0 Å². The number of cyclic esters (lactones) is 1. The Kier molecular flexibility index (Phi) is 6.94. The minimum Gasteiger partial charge on any atom is -0.457 e. The maximum atomic E-state index is 12.9.